The van der Waals surface area contributed by atoms with Gasteiger partial charge in [0.2, 0.25) is 0 Å². The van der Waals surface area contributed by atoms with E-state index in [9.17, 15) is 0 Å². The third-order valence-electron chi connectivity index (χ3n) is 4.59. The molecule has 3 fully saturated rings. The van der Waals surface area contributed by atoms with Gasteiger partial charge >= 0.3 is 0 Å². The predicted molar refractivity (Wildman–Crippen MR) is 75.2 cm³/mol. The van der Waals surface area contributed by atoms with Gasteiger partial charge in [0, 0.05) is 12.2 Å². The first-order valence-electron chi connectivity index (χ1n) is 7.33. The summed E-state index contributed by atoms with van der Waals surface area (Å²) in [6.07, 6.45) is 7.88. The molecule has 0 aliphatic heterocycles. The highest BCUT2D eigenvalue weighted by Crippen LogP contribution is 2.46. The second-order valence-corrected chi connectivity index (χ2v) is 5.82. The quantitative estimate of drug-likeness (QED) is 0.857. The molecule has 1 N–H and O–H groups in total. The molecular weight excluding hydrogens is 222 g/mol. The van der Waals surface area contributed by atoms with Crippen molar-refractivity contribution in [3.05, 3.63) is 24.3 Å². The molecule has 3 saturated carbocycles. The molecular formula is C16H23NO. The Kier molecular flexibility index (Phi) is 3.19. The second-order valence-electron chi connectivity index (χ2n) is 5.82. The predicted octanol–water partition coefficient (Wildman–Crippen LogP) is 4.22. The van der Waals surface area contributed by atoms with E-state index in [0.717, 1.165) is 18.2 Å². The van der Waals surface area contributed by atoms with Crippen molar-refractivity contribution in [1.29, 1.82) is 0 Å². The molecule has 0 heterocycles. The first kappa shape index (κ1) is 11.9. The first-order valence-corrected chi connectivity index (χ1v) is 7.33. The molecule has 0 saturated heterocycles. The van der Waals surface area contributed by atoms with Gasteiger partial charge in [-0.05, 0) is 75.6 Å². The molecule has 4 rings (SSSR count). The molecule has 3 aliphatic carbocycles. The number of benzene rings is 1. The van der Waals surface area contributed by atoms with E-state index in [4.69, 9.17) is 4.74 Å². The van der Waals surface area contributed by atoms with Crippen molar-refractivity contribution in [2.75, 3.05) is 11.9 Å². The van der Waals surface area contributed by atoms with Crippen molar-refractivity contribution < 1.29 is 4.74 Å². The summed E-state index contributed by atoms with van der Waals surface area (Å²) in [6.45, 7) is 3.08. The van der Waals surface area contributed by atoms with Gasteiger partial charge in [0.1, 0.15) is 11.4 Å². The molecule has 0 spiro atoms. The summed E-state index contributed by atoms with van der Waals surface area (Å²) in [4.78, 5) is 0. The lowest BCUT2D eigenvalue weighted by atomic mass is 9.68. The summed E-state index contributed by atoms with van der Waals surface area (Å²) in [5.41, 5.74) is 1.34. The zero-order chi connectivity index (χ0) is 12.4. The lowest BCUT2D eigenvalue weighted by Gasteiger charge is -2.46. The van der Waals surface area contributed by atoms with Crippen molar-refractivity contribution in [2.24, 2.45) is 5.92 Å². The van der Waals surface area contributed by atoms with Crippen LogP contribution in [-0.4, -0.2) is 12.1 Å². The van der Waals surface area contributed by atoms with E-state index in [1.54, 1.807) is 0 Å². The van der Waals surface area contributed by atoms with E-state index in [1.807, 2.05) is 0 Å². The fourth-order valence-corrected chi connectivity index (χ4v) is 3.46. The van der Waals surface area contributed by atoms with Crippen LogP contribution < -0.4 is 10.1 Å². The number of hydrogen-bond acceptors (Lipinski definition) is 2. The maximum atomic E-state index is 6.34. The SMILES string of the molecule is CCNc1ccc(OC23CCC(CC2)CC3)cc1. The van der Waals surface area contributed by atoms with Crippen LogP contribution in [-0.2, 0) is 0 Å². The average Bonchev–Trinajstić information content (AvgIpc) is 2.43. The summed E-state index contributed by atoms with van der Waals surface area (Å²) in [6, 6.07) is 8.44. The summed E-state index contributed by atoms with van der Waals surface area (Å²) in [5.74, 6) is 2.03. The maximum Gasteiger partial charge on any atom is 0.120 e. The molecule has 2 bridgehead atoms. The molecule has 0 unspecified atom stereocenters. The summed E-state index contributed by atoms with van der Waals surface area (Å²) in [7, 11) is 0. The zero-order valence-corrected chi connectivity index (χ0v) is 11.2. The van der Waals surface area contributed by atoms with Crippen molar-refractivity contribution in [2.45, 2.75) is 51.0 Å². The van der Waals surface area contributed by atoms with Gasteiger partial charge in [0.25, 0.3) is 0 Å². The van der Waals surface area contributed by atoms with Gasteiger partial charge in [-0.15, -0.1) is 0 Å². The highest BCUT2D eigenvalue weighted by molar-refractivity contribution is 5.46. The minimum Gasteiger partial charge on any atom is -0.487 e. The van der Waals surface area contributed by atoms with Gasteiger partial charge < -0.3 is 10.1 Å². The molecule has 0 aromatic heterocycles. The van der Waals surface area contributed by atoms with Crippen LogP contribution in [0.5, 0.6) is 5.75 Å². The smallest absolute Gasteiger partial charge is 0.120 e. The fraction of sp³-hybridized carbons (Fsp3) is 0.625. The number of nitrogens with one attached hydrogen (secondary N) is 1. The second kappa shape index (κ2) is 4.83. The minimum absolute atomic E-state index is 0.161. The molecule has 1 aromatic carbocycles. The van der Waals surface area contributed by atoms with Crippen LogP contribution in [0.1, 0.15) is 45.4 Å². The van der Waals surface area contributed by atoms with Gasteiger partial charge in [0.05, 0.1) is 0 Å². The topological polar surface area (TPSA) is 21.3 Å². The number of rotatable bonds is 4. The lowest BCUT2D eigenvalue weighted by molar-refractivity contribution is -0.0323. The van der Waals surface area contributed by atoms with Crippen molar-refractivity contribution in [3.8, 4) is 5.75 Å². The normalized spacial score (nSPS) is 30.2. The van der Waals surface area contributed by atoms with Gasteiger partial charge in [-0.25, -0.2) is 0 Å². The van der Waals surface area contributed by atoms with Crippen LogP contribution in [0.3, 0.4) is 0 Å². The monoisotopic (exact) mass is 245 g/mol. The molecule has 1 aromatic rings. The molecule has 0 atom stereocenters. The number of hydrogen-bond donors (Lipinski definition) is 1. The average molecular weight is 245 g/mol. The molecule has 3 aliphatic rings. The Morgan fingerprint density at radius 1 is 1.11 bits per heavy atom. The van der Waals surface area contributed by atoms with Crippen molar-refractivity contribution in [1.82, 2.24) is 0 Å². The molecule has 2 nitrogen and oxygen atoms in total. The largest absolute Gasteiger partial charge is 0.487 e. The van der Waals surface area contributed by atoms with Gasteiger partial charge in [-0.3, -0.25) is 0 Å². The lowest BCUT2D eigenvalue weighted by Crippen LogP contribution is -2.44. The highest BCUT2D eigenvalue weighted by Gasteiger charge is 2.42. The Hall–Kier alpha value is -1.18. The van der Waals surface area contributed by atoms with Gasteiger partial charge in [-0.1, -0.05) is 0 Å². The summed E-state index contributed by atoms with van der Waals surface area (Å²) >= 11 is 0. The van der Waals surface area contributed by atoms with Crippen LogP contribution >= 0.6 is 0 Å². The molecule has 2 heteroatoms. The Labute approximate surface area is 110 Å². The standard InChI is InChI=1S/C16H23NO/c1-2-17-14-3-5-15(6-4-14)18-16-10-7-13(8-11-16)9-12-16/h3-6,13,17H,2,7-12H2,1H3. The Morgan fingerprint density at radius 2 is 1.72 bits per heavy atom. The van der Waals surface area contributed by atoms with Crippen LogP contribution in [0.4, 0.5) is 5.69 Å². The number of anilines is 1. The fourth-order valence-electron chi connectivity index (χ4n) is 3.46. The zero-order valence-electron chi connectivity index (χ0n) is 11.2. The third kappa shape index (κ3) is 2.33. The van der Waals surface area contributed by atoms with E-state index < -0.39 is 0 Å². The van der Waals surface area contributed by atoms with E-state index in [2.05, 4.69) is 36.5 Å². The molecule has 0 amide bonds. The van der Waals surface area contributed by atoms with Crippen LogP contribution in [0.2, 0.25) is 0 Å². The number of ether oxygens (including phenoxy) is 1. The van der Waals surface area contributed by atoms with Crippen molar-refractivity contribution >= 4 is 5.69 Å². The van der Waals surface area contributed by atoms with Crippen LogP contribution in [0.15, 0.2) is 24.3 Å². The maximum absolute atomic E-state index is 6.34. The highest BCUT2D eigenvalue weighted by atomic mass is 16.5. The Bertz CT molecular complexity index is 376. The van der Waals surface area contributed by atoms with Crippen molar-refractivity contribution in [3.63, 3.8) is 0 Å². The third-order valence-corrected chi connectivity index (χ3v) is 4.59. The van der Waals surface area contributed by atoms with Gasteiger partial charge in [-0.2, -0.15) is 0 Å². The van der Waals surface area contributed by atoms with Crippen LogP contribution in [0, 0.1) is 5.92 Å². The summed E-state index contributed by atoms with van der Waals surface area (Å²) in [5, 5.41) is 3.31. The Morgan fingerprint density at radius 3 is 2.28 bits per heavy atom. The first-order chi connectivity index (χ1) is 8.80. The molecule has 0 radical (unpaired) electrons. The van der Waals surface area contributed by atoms with E-state index in [0.29, 0.717) is 0 Å². The van der Waals surface area contributed by atoms with Gasteiger partial charge in [0.15, 0.2) is 0 Å². The minimum atomic E-state index is 0.161. The number of fused-ring (bicyclic) bond motifs is 3. The Balaban J connectivity index is 1.68. The summed E-state index contributed by atoms with van der Waals surface area (Å²) < 4.78 is 6.34. The van der Waals surface area contributed by atoms with E-state index >= 15 is 0 Å². The van der Waals surface area contributed by atoms with E-state index in [-0.39, 0.29) is 5.60 Å². The van der Waals surface area contributed by atoms with E-state index in [1.165, 1.54) is 44.2 Å². The van der Waals surface area contributed by atoms with Crippen LogP contribution in [0.25, 0.3) is 0 Å². The molecule has 98 valence electrons. The molecule has 18 heavy (non-hydrogen) atoms.